The van der Waals surface area contributed by atoms with Crippen molar-refractivity contribution >= 4 is 30.5 Å². The minimum atomic E-state index is -1.12. The van der Waals surface area contributed by atoms with Gasteiger partial charge in [-0.15, -0.1) is 12.6 Å². The lowest BCUT2D eigenvalue weighted by molar-refractivity contribution is -0.155. The van der Waals surface area contributed by atoms with Gasteiger partial charge >= 0.3 is 17.9 Å². The van der Waals surface area contributed by atoms with Gasteiger partial charge in [0.05, 0.1) is 18.3 Å². The van der Waals surface area contributed by atoms with E-state index in [4.69, 9.17) is 5.11 Å². The number of ether oxygens (including phenoxy) is 1. The lowest BCUT2D eigenvalue weighted by Gasteiger charge is -2.13. The molecule has 1 aliphatic rings. The van der Waals surface area contributed by atoms with Crippen molar-refractivity contribution in [1.82, 2.24) is 0 Å². The van der Waals surface area contributed by atoms with Crippen molar-refractivity contribution in [2.45, 2.75) is 24.7 Å². The fourth-order valence-electron chi connectivity index (χ4n) is 2.30. The topological polar surface area (TPSA) is 80.7 Å². The molecule has 2 atom stereocenters. The largest absolute Gasteiger partial charge is 0.481 e. The van der Waals surface area contributed by atoms with E-state index in [1.165, 1.54) is 0 Å². The Balaban J connectivity index is 2.23. The molecule has 20 heavy (non-hydrogen) atoms. The molecular formula is C14H14O5S. The zero-order valence-electron chi connectivity index (χ0n) is 10.8. The Bertz CT molecular complexity index is 581. The van der Waals surface area contributed by atoms with Crippen molar-refractivity contribution < 1.29 is 24.2 Å². The van der Waals surface area contributed by atoms with Crippen LogP contribution in [0.15, 0.2) is 23.1 Å². The minimum Gasteiger partial charge on any atom is -0.481 e. The van der Waals surface area contributed by atoms with Crippen LogP contribution in [-0.2, 0) is 25.5 Å². The molecule has 106 valence electrons. The maximum atomic E-state index is 11.7. The number of aryl methyl sites for hydroxylation is 1. The molecule has 6 heteroatoms. The number of thiol groups is 1. The highest BCUT2D eigenvalue weighted by atomic mass is 32.1. The highest BCUT2D eigenvalue weighted by molar-refractivity contribution is 7.80. The first-order valence-electron chi connectivity index (χ1n) is 6.14. The third-order valence-corrected chi connectivity index (χ3v) is 3.78. The molecule has 2 unspecified atom stereocenters. The first-order valence-corrected chi connectivity index (χ1v) is 6.59. The number of hydrogen-bond acceptors (Lipinski definition) is 5. The summed E-state index contributed by atoms with van der Waals surface area (Å²) in [5.74, 6) is -4.22. The predicted molar refractivity (Wildman–Crippen MR) is 72.5 cm³/mol. The molecule has 0 aromatic heterocycles. The first kappa shape index (κ1) is 14.6. The lowest BCUT2D eigenvalue weighted by Crippen LogP contribution is -2.23. The summed E-state index contributed by atoms with van der Waals surface area (Å²) in [6.07, 6.45) is -0.148. The summed E-state index contributed by atoms with van der Waals surface area (Å²) < 4.78 is 4.56. The van der Waals surface area contributed by atoms with Crippen molar-refractivity contribution in [2.75, 3.05) is 0 Å². The number of esters is 2. The predicted octanol–water partition coefficient (Wildman–Crippen LogP) is 1.62. The van der Waals surface area contributed by atoms with Crippen LogP contribution in [0.4, 0.5) is 0 Å². The summed E-state index contributed by atoms with van der Waals surface area (Å²) >= 11 is 4.34. The van der Waals surface area contributed by atoms with E-state index in [0.29, 0.717) is 4.90 Å². The molecule has 0 radical (unpaired) electrons. The summed E-state index contributed by atoms with van der Waals surface area (Å²) in [6.45, 7) is 1.92. The van der Waals surface area contributed by atoms with Crippen LogP contribution in [0.5, 0.6) is 0 Å². The Morgan fingerprint density at radius 1 is 1.30 bits per heavy atom. The highest BCUT2D eigenvalue weighted by Crippen LogP contribution is 2.31. The van der Waals surface area contributed by atoms with E-state index in [1.54, 1.807) is 0 Å². The number of carboxylic acids is 1. The van der Waals surface area contributed by atoms with Crippen molar-refractivity contribution in [3.8, 4) is 0 Å². The van der Waals surface area contributed by atoms with Crippen LogP contribution in [0, 0.1) is 18.8 Å². The van der Waals surface area contributed by atoms with Crippen LogP contribution < -0.4 is 0 Å². The number of carbonyl (C=O) groups excluding carboxylic acids is 2. The van der Waals surface area contributed by atoms with Gasteiger partial charge in [-0.2, -0.15) is 0 Å². The van der Waals surface area contributed by atoms with Gasteiger partial charge in [-0.1, -0.05) is 17.7 Å². The van der Waals surface area contributed by atoms with Gasteiger partial charge in [-0.05, 0) is 25.0 Å². The van der Waals surface area contributed by atoms with E-state index < -0.39 is 36.2 Å². The zero-order chi connectivity index (χ0) is 14.9. The molecule has 0 aliphatic carbocycles. The lowest BCUT2D eigenvalue weighted by atomic mass is 9.86. The smallest absolute Gasteiger partial charge is 0.318 e. The van der Waals surface area contributed by atoms with Gasteiger partial charge in [0.2, 0.25) is 0 Å². The average molecular weight is 294 g/mol. The van der Waals surface area contributed by atoms with Gasteiger partial charge in [0.25, 0.3) is 0 Å². The van der Waals surface area contributed by atoms with Crippen LogP contribution in [0.1, 0.15) is 17.5 Å². The summed E-state index contributed by atoms with van der Waals surface area (Å²) in [6, 6.07) is 5.56. The number of rotatable bonds is 4. The third-order valence-electron chi connectivity index (χ3n) is 3.37. The second kappa shape index (κ2) is 5.66. The summed E-state index contributed by atoms with van der Waals surface area (Å²) in [4.78, 5) is 34.7. The SMILES string of the molecule is Cc1ccc(CC2C(=O)OC(=O)C2CC(=O)O)c(S)c1. The van der Waals surface area contributed by atoms with Gasteiger partial charge in [-0.25, -0.2) is 0 Å². The fourth-order valence-corrected chi connectivity index (χ4v) is 2.67. The van der Waals surface area contributed by atoms with Gasteiger partial charge in [-0.3, -0.25) is 14.4 Å². The molecular weight excluding hydrogens is 280 g/mol. The zero-order valence-corrected chi connectivity index (χ0v) is 11.7. The second-order valence-corrected chi connectivity index (χ2v) is 5.37. The second-order valence-electron chi connectivity index (χ2n) is 4.89. The van der Waals surface area contributed by atoms with Gasteiger partial charge in [0, 0.05) is 4.90 Å². The summed E-state index contributed by atoms with van der Waals surface area (Å²) in [5.41, 5.74) is 1.83. The molecule has 0 spiro atoms. The van der Waals surface area contributed by atoms with E-state index >= 15 is 0 Å². The van der Waals surface area contributed by atoms with Crippen molar-refractivity contribution in [3.63, 3.8) is 0 Å². The molecule has 0 saturated carbocycles. The van der Waals surface area contributed by atoms with Crippen LogP contribution in [-0.4, -0.2) is 23.0 Å². The van der Waals surface area contributed by atoms with E-state index in [-0.39, 0.29) is 6.42 Å². The van der Waals surface area contributed by atoms with Crippen LogP contribution >= 0.6 is 12.6 Å². The standard InChI is InChI=1S/C14H14O5S/c1-7-2-3-8(11(20)4-7)5-9-10(6-12(15)16)14(18)19-13(9)17/h2-4,9-10,20H,5-6H2,1H3,(H,15,16). The van der Waals surface area contributed by atoms with Gasteiger partial charge in [0.15, 0.2) is 0 Å². The number of carbonyl (C=O) groups is 3. The van der Waals surface area contributed by atoms with Gasteiger partial charge < -0.3 is 9.84 Å². The highest BCUT2D eigenvalue weighted by Gasteiger charge is 2.45. The minimum absolute atomic E-state index is 0.252. The van der Waals surface area contributed by atoms with E-state index in [1.807, 2.05) is 25.1 Å². The summed E-state index contributed by atoms with van der Waals surface area (Å²) in [5, 5.41) is 8.82. The number of benzene rings is 1. The number of carboxylic acid groups (broad SMARTS) is 1. The number of cyclic esters (lactones) is 2. The molecule has 0 amide bonds. The molecule has 1 aromatic rings. The molecule has 1 heterocycles. The molecule has 1 aromatic carbocycles. The Kier molecular flexibility index (Phi) is 4.13. The quantitative estimate of drug-likeness (QED) is 0.501. The average Bonchev–Trinajstić information content (AvgIpc) is 2.58. The maximum absolute atomic E-state index is 11.7. The Hall–Kier alpha value is -1.82. The molecule has 1 N–H and O–H groups in total. The normalized spacial score (nSPS) is 21.9. The Morgan fingerprint density at radius 3 is 2.55 bits per heavy atom. The Morgan fingerprint density at radius 2 is 1.95 bits per heavy atom. The fraction of sp³-hybridized carbons (Fsp3) is 0.357. The van der Waals surface area contributed by atoms with Crippen molar-refractivity contribution in [2.24, 2.45) is 11.8 Å². The Labute approximate surface area is 121 Å². The molecule has 1 aliphatic heterocycles. The van der Waals surface area contributed by atoms with Crippen LogP contribution in [0.2, 0.25) is 0 Å². The van der Waals surface area contributed by atoms with Crippen molar-refractivity contribution in [3.05, 3.63) is 29.3 Å². The van der Waals surface area contributed by atoms with E-state index in [0.717, 1.165) is 11.1 Å². The maximum Gasteiger partial charge on any atom is 0.318 e. The molecule has 0 bridgehead atoms. The molecule has 5 nitrogen and oxygen atoms in total. The summed E-state index contributed by atoms with van der Waals surface area (Å²) in [7, 11) is 0. The van der Waals surface area contributed by atoms with Crippen molar-refractivity contribution in [1.29, 1.82) is 0 Å². The third kappa shape index (κ3) is 3.01. The molecule has 1 saturated heterocycles. The number of hydrogen-bond donors (Lipinski definition) is 2. The van der Waals surface area contributed by atoms with Crippen LogP contribution in [0.3, 0.4) is 0 Å². The molecule has 2 rings (SSSR count). The van der Waals surface area contributed by atoms with Crippen LogP contribution in [0.25, 0.3) is 0 Å². The first-order chi connectivity index (χ1) is 9.38. The number of aliphatic carboxylic acids is 1. The van der Waals surface area contributed by atoms with E-state index in [9.17, 15) is 14.4 Å². The van der Waals surface area contributed by atoms with Gasteiger partial charge in [0.1, 0.15) is 0 Å². The molecule has 1 fully saturated rings. The van der Waals surface area contributed by atoms with E-state index in [2.05, 4.69) is 17.4 Å². The monoisotopic (exact) mass is 294 g/mol.